The van der Waals surface area contributed by atoms with Crippen LogP contribution < -0.4 is 0 Å². The summed E-state index contributed by atoms with van der Waals surface area (Å²) in [6, 6.07) is 2.06. The third-order valence-corrected chi connectivity index (χ3v) is 1.97. The minimum Gasteiger partial charge on any atom is -0.282 e. The molecule has 0 unspecified atom stereocenters. The number of nitrogens with zero attached hydrogens (tertiary/aromatic N) is 1. The van der Waals surface area contributed by atoms with Gasteiger partial charge in [0.25, 0.3) is 0 Å². The summed E-state index contributed by atoms with van der Waals surface area (Å²) in [5, 5.41) is 7.17. The van der Waals surface area contributed by atoms with Crippen LogP contribution in [0.2, 0.25) is 0 Å². The van der Waals surface area contributed by atoms with Crippen molar-refractivity contribution in [3.8, 4) is 0 Å². The molecule has 0 saturated carbocycles. The summed E-state index contributed by atoms with van der Waals surface area (Å²) in [4.78, 5) is 0. The molecule has 90 valence electrons. The van der Waals surface area contributed by atoms with Gasteiger partial charge in [0.1, 0.15) is 0 Å². The lowest BCUT2D eigenvalue weighted by Gasteiger charge is -1.97. The Kier molecular flexibility index (Phi) is 7.27. The number of aromatic nitrogens is 2. The zero-order valence-electron chi connectivity index (χ0n) is 11.3. The molecule has 0 bridgehead atoms. The lowest BCUT2D eigenvalue weighted by atomic mass is 10.1. The van der Waals surface area contributed by atoms with Crippen molar-refractivity contribution in [1.82, 2.24) is 10.2 Å². The molecule has 0 aliphatic carbocycles. The molecule has 0 aliphatic heterocycles. The van der Waals surface area contributed by atoms with Crippen LogP contribution >= 0.6 is 0 Å². The standard InChI is InChI=1S/C12H18N2.C2H6/c1-5-11(7-6-9(2)3)12-8-10(4)13-14-12;1-2/h5-9H,1-4H3,(H,13,14);1-2H3/b7-6-,11-5+;. The number of H-pyrrole nitrogens is 1. The third-order valence-electron chi connectivity index (χ3n) is 1.97. The fourth-order valence-electron chi connectivity index (χ4n) is 1.19. The summed E-state index contributed by atoms with van der Waals surface area (Å²) in [6.45, 7) is 12.4. The Hall–Kier alpha value is -1.31. The van der Waals surface area contributed by atoms with Crippen LogP contribution in [0.25, 0.3) is 5.57 Å². The van der Waals surface area contributed by atoms with Crippen molar-refractivity contribution in [3.63, 3.8) is 0 Å². The molecule has 2 nitrogen and oxygen atoms in total. The second-order valence-corrected chi connectivity index (χ2v) is 3.78. The highest BCUT2D eigenvalue weighted by molar-refractivity contribution is 5.71. The van der Waals surface area contributed by atoms with Crippen molar-refractivity contribution in [2.24, 2.45) is 5.92 Å². The van der Waals surface area contributed by atoms with Gasteiger partial charge in [-0.25, -0.2) is 0 Å². The highest BCUT2D eigenvalue weighted by Gasteiger charge is 2.00. The number of hydrogen-bond acceptors (Lipinski definition) is 1. The molecule has 1 aromatic heterocycles. The van der Waals surface area contributed by atoms with E-state index < -0.39 is 0 Å². The molecule has 0 atom stereocenters. The largest absolute Gasteiger partial charge is 0.282 e. The van der Waals surface area contributed by atoms with Crippen molar-refractivity contribution < 1.29 is 0 Å². The molecule has 1 heterocycles. The maximum Gasteiger partial charge on any atom is 0.0919 e. The molecule has 0 amide bonds. The zero-order valence-corrected chi connectivity index (χ0v) is 11.3. The molecular formula is C14H24N2. The van der Waals surface area contributed by atoms with Crippen LogP contribution in [0.5, 0.6) is 0 Å². The van der Waals surface area contributed by atoms with E-state index in [0.29, 0.717) is 5.92 Å². The van der Waals surface area contributed by atoms with Gasteiger partial charge < -0.3 is 0 Å². The van der Waals surface area contributed by atoms with E-state index >= 15 is 0 Å². The van der Waals surface area contributed by atoms with E-state index in [1.54, 1.807) is 0 Å². The zero-order chi connectivity index (χ0) is 12.6. The number of aromatic amines is 1. The maximum absolute atomic E-state index is 4.22. The van der Waals surface area contributed by atoms with Gasteiger partial charge in [0, 0.05) is 5.69 Å². The summed E-state index contributed by atoms with van der Waals surface area (Å²) >= 11 is 0. The summed E-state index contributed by atoms with van der Waals surface area (Å²) in [5.74, 6) is 0.574. The van der Waals surface area contributed by atoms with Crippen molar-refractivity contribution in [2.45, 2.75) is 41.5 Å². The van der Waals surface area contributed by atoms with Crippen molar-refractivity contribution in [1.29, 1.82) is 0 Å². The molecule has 1 N–H and O–H groups in total. The molecule has 1 rings (SSSR count). The van der Waals surface area contributed by atoms with Crippen LogP contribution in [-0.4, -0.2) is 10.2 Å². The molecule has 0 aromatic carbocycles. The first kappa shape index (κ1) is 14.7. The van der Waals surface area contributed by atoms with Gasteiger partial charge in [-0.1, -0.05) is 45.9 Å². The van der Waals surface area contributed by atoms with Crippen LogP contribution in [0.1, 0.15) is 46.0 Å². The van der Waals surface area contributed by atoms with Gasteiger partial charge in [0.15, 0.2) is 0 Å². The molecule has 2 heteroatoms. The Morgan fingerprint density at radius 2 is 2.00 bits per heavy atom. The lowest BCUT2D eigenvalue weighted by molar-refractivity contribution is 0.832. The fraction of sp³-hybridized carbons (Fsp3) is 0.500. The van der Waals surface area contributed by atoms with Gasteiger partial charge in [0.2, 0.25) is 0 Å². The highest BCUT2D eigenvalue weighted by atomic mass is 15.1. The Morgan fingerprint density at radius 3 is 2.38 bits per heavy atom. The summed E-state index contributed by atoms with van der Waals surface area (Å²) in [5.41, 5.74) is 3.28. The van der Waals surface area contributed by atoms with Crippen LogP contribution in [0.3, 0.4) is 0 Å². The summed E-state index contributed by atoms with van der Waals surface area (Å²) < 4.78 is 0. The van der Waals surface area contributed by atoms with Crippen LogP contribution in [0, 0.1) is 12.8 Å². The molecule has 0 aliphatic rings. The normalized spacial score (nSPS) is 11.8. The van der Waals surface area contributed by atoms with Crippen molar-refractivity contribution in [3.05, 3.63) is 35.7 Å². The van der Waals surface area contributed by atoms with Gasteiger partial charge >= 0.3 is 0 Å². The molecule has 0 saturated heterocycles. The molecule has 1 aromatic rings. The Labute approximate surface area is 99.5 Å². The minimum atomic E-state index is 0.574. The van der Waals surface area contributed by atoms with Gasteiger partial charge in [-0.05, 0) is 31.4 Å². The average Bonchev–Trinajstić information content (AvgIpc) is 2.68. The van der Waals surface area contributed by atoms with Gasteiger partial charge in [0.05, 0.1) is 5.69 Å². The van der Waals surface area contributed by atoms with Gasteiger partial charge in [-0.15, -0.1) is 0 Å². The number of allylic oxidation sites excluding steroid dienone is 4. The van der Waals surface area contributed by atoms with E-state index in [4.69, 9.17) is 0 Å². The van der Waals surface area contributed by atoms with E-state index in [-0.39, 0.29) is 0 Å². The number of rotatable bonds is 3. The van der Waals surface area contributed by atoms with Gasteiger partial charge in [-0.3, -0.25) is 5.10 Å². The molecule has 0 spiro atoms. The van der Waals surface area contributed by atoms with Gasteiger partial charge in [-0.2, -0.15) is 5.10 Å². The first-order valence-corrected chi connectivity index (χ1v) is 6.00. The molecule has 16 heavy (non-hydrogen) atoms. The smallest absolute Gasteiger partial charge is 0.0919 e. The molecule has 0 fully saturated rings. The first-order chi connectivity index (χ1) is 7.63. The van der Waals surface area contributed by atoms with E-state index in [1.807, 2.05) is 27.7 Å². The fourth-order valence-corrected chi connectivity index (χ4v) is 1.19. The molecule has 0 radical (unpaired) electrons. The van der Waals surface area contributed by atoms with E-state index in [1.165, 1.54) is 5.57 Å². The Morgan fingerprint density at radius 1 is 1.38 bits per heavy atom. The van der Waals surface area contributed by atoms with Crippen LogP contribution in [0.4, 0.5) is 0 Å². The van der Waals surface area contributed by atoms with E-state index in [2.05, 4.69) is 48.3 Å². The predicted molar refractivity (Wildman–Crippen MR) is 72.3 cm³/mol. The van der Waals surface area contributed by atoms with E-state index in [9.17, 15) is 0 Å². The second kappa shape index (κ2) is 7.91. The predicted octanol–water partition coefficient (Wildman–Crippen LogP) is 4.36. The Balaban J connectivity index is 0.00000106. The van der Waals surface area contributed by atoms with Crippen LogP contribution in [-0.2, 0) is 0 Å². The number of hydrogen-bond donors (Lipinski definition) is 1. The SMILES string of the molecule is C/C=C(\C=C/C(C)C)c1cc(C)[nH]n1.CC. The summed E-state index contributed by atoms with van der Waals surface area (Å²) in [7, 11) is 0. The van der Waals surface area contributed by atoms with Crippen molar-refractivity contribution >= 4 is 5.57 Å². The van der Waals surface area contributed by atoms with Crippen molar-refractivity contribution in [2.75, 3.05) is 0 Å². The number of aryl methyl sites for hydroxylation is 1. The monoisotopic (exact) mass is 220 g/mol. The average molecular weight is 220 g/mol. The summed E-state index contributed by atoms with van der Waals surface area (Å²) in [6.07, 6.45) is 6.38. The third kappa shape index (κ3) is 4.96. The molecular weight excluding hydrogens is 196 g/mol. The number of nitrogens with one attached hydrogen (secondary N) is 1. The topological polar surface area (TPSA) is 28.7 Å². The first-order valence-electron chi connectivity index (χ1n) is 6.00. The maximum atomic E-state index is 4.22. The van der Waals surface area contributed by atoms with Crippen LogP contribution in [0.15, 0.2) is 24.3 Å². The lowest BCUT2D eigenvalue weighted by Crippen LogP contribution is -1.83. The second-order valence-electron chi connectivity index (χ2n) is 3.78. The minimum absolute atomic E-state index is 0.574. The highest BCUT2D eigenvalue weighted by Crippen LogP contribution is 2.14. The van der Waals surface area contributed by atoms with E-state index in [0.717, 1.165) is 11.4 Å². The Bertz CT molecular complexity index is 343. The quantitative estimate of drug-likeness (QED) is 0.753.